The van der Waals surface area contributed by atoms with Crippen LogP contribution < -0.4 is 0 Å². The summed E-state index contributed by atoms with van der Waals surface area (Å²) in [7, 11) is 0. The van der Waals surface area contributed by atoms with Crippen molar-refractivity contribution in [3.63, 3.8) is 0 Å². The molecule has 0 N–H and O–H groups in total. The SMILES string of the molecule is N#Cc1ccc2c(c1)c1ccccc1n2-c1cc(-c2c(C(F)(F)F)cccc2C(F)(F)F)cc(-n2c3ccccc3c3cc(C#N)ccc32)c1C#N. The highest BCUT2D eigenvalue weighted by Gasteiger charge is 2.41. The molecule has 0 amide bonds. The summed E-state index contributed by atoms with van der Waals surface area (Å²) in [6.45, 7) is 0. The quantitative estimate of drug-likeness (QED) is 0.173. The molecule has 6 aromatic carbocycles. The number of nitrogens with zero attached hydrogens (tertiary/aromatic N) is 5. The Kier molecular flexibility index (Phi) is 7.13. The molecule has 0 fully saturated rings. The molecule has 52 heavy (non-hydrogen) atoms. The van der Waals surface area contributed by atoms with E-state index in [2.05, 4.69) is 18.2 Å². The highest BCUT2D eigenvalue weighted by atomic mass is 19.4. The van der Waals surface area contributed by atoms with Crippen molar-refractivity contribution in [2.24, 2.45) is 0 Å². The number of hydrogen-bond donors (Lipinski definition) is 0. The van der Waals surface area contributed by atoms with Crippen molar-refractivity contribution >= 4 is 43.6 Å². The fourth-order valence-corrected chi connectivity index (χ4v) is 7.16. The van der Waals surface area contributed by atoms with Gasteiger partial charge in [-0.15, -0.1) is 0 Å². The summed E-state index contributed by atoms with van der Waals surface area (Å²) in [6, 6.07) is 34.4. The summed E-state index contributed by atoms with van der Waals surface area (Å²) >= 11 is 0. The number of benzene rings is 6. The number of aromatic nitrogens is 2. The van der Waals surface area contributed by atoms with Gasteiger partial charge in [0.2, 0.25) is 0 Å². The maximum atomic E-state index is 14.7. The molecule has 0 bridgehead atoms. The molecule has 0 radical (unpaired) electrons. The molecule has 2 aromatic heterocycles. The minimum atomic E-state index is -5.17. The molecule has 0 unspecified atom stereocenters. The van der Waals surface area contributed by atoms with Crippen LogP contribution in [0.5, 0.6) is 0 Å². The van der Waals surface area contributed by atoms with Crippen LogP contribution in [0.25, 0.3) is 66.1 Å². The van der Waals surface area contributed by atoms with Crippen LogP contribution >= 0.6 is 0 Å². The Hall–Kier alpha value is -7.03. The average molecular weight is 696 g/mol. The molecule has 5 nitrogen and oxygen atoms in total. The molecule has 0 aliphatic heterocycles. The summed E-state index contributed by atoms with van der Waals surface area (Å²) in [5, 5.41) is 32.8. The molecule has 0 aliphatic carbocycles. The molecule has 0 saturated heterocycles. The van der Waals surface area contributed by atoms with E-state index < -0.39 is 34.6 Å². The predicted octanol–water partition coefficient (Wildman–Crippen LogP) is 11.2. The van der Waals surface area contributed by atoms with Crippen molar-refractivity contribution in [3.05, 3.63) is 143 Å². The lowest BCUT2D eigenvalue weighted by Crippen LogP contribution is -2.15. The molecule has 0 saturated carbocycles. The normalized spacial score (nSPS) is 12.0. The number of hydrogen-bond acceptors (Lipinski definition) is 3. The molecule has 0 spiro atoms. The summed E-state index contributed by atoms with van der Waals surface area (Å²) in [4.78, 5) is 0. The van der Waals surface area contributed by atoms with Crippen molar-refractivity contribution < 1.29 is 26.3 Å². The van der Waals surface area contributed by atoms with Gasteiger partial charge in [-0.3, -0.25) is 0 Å². The molecule has 8 rings (SSSR count). The number of nitriles is 3. The van der Waals surface area contributed by atoms with E-state index in [1.807, 2.05) is 0 Å². The van der Waals surface area contributed by atoms with Crippen LogP contribution in [0.3, 0.4) is 0 Å². The van der Waals surface area contributed by atoms with Crippen molar-refractivity contribution in [1.29, 1.82) is 15.8 Å². The third kappa shape index (κ3) is 4.85. The maximum Gasteiger partial charge on any atom is 0.417 e. The second-order valence-electron chi connectivity index (χ2n) is 12.1. The Labute approximate surface area is 290 Å². The standard InChI is InChI=1S/C41H19F6N5/c42-40(43,44)31-8-5-9-32(41(45,46)47)39(31)25-18-37(51-33-10-3-1-6-26(33)28-16-23(20-48)12-14-35(28)51)30(22-50)38(19-25)52-34-11-4-2-7-27(34)29-17-24(21-49)13-15-36(29)52/h1-19H. The van der Waals surface area contributed by atoms with Crippen LogP contribution in [0.4, 0.5) is 26.3 Å². The van der Waals surface area contributed by atoms with Crippen LogP contribution in [-0.4, -0.2) is 9.13 Å². The number of para-hydroxylation sites is 2. The van der Waals surface area contributed by atoms with E-state index in [0.29, 0.717) is 66.9 Å². The van der Waals surface area contributed by atoms with Gasteiger partial charge >= 0.3 is 12.4 Å². The minimum Gasteiger partial charge on any atom is -0.308 e. The van der Waals surface area contributed by atoms with Gasteiger partial charge in [0, 0.05) is 27.1 Å². The van der Waals surface area contributed by atoms with Gasteiger partial charge in [-0.05, 0) is 78.4 Å². The van der Waals surface area contributed by atoms with Gasteiger partial charge in [0.15, 0.2) is 0 Å². The summed E-state index contributed by atoms with van der Waals surface area (Å²) in [6.07, 6.45) is -10.3. The Morgan fingerprint density at radius 3 is 1.27 bits per heavy atom. The Bertz CT molecular complexity index is 2740. The summed E-state index contributed by atoms with van der Waals surface area (Å²) < 4.78 is 91.4. The summed E-state index contributed by atoms with van der Waals surface area (Å²) in [5.74, 6) is 0. The van der Waals surface area contributed by atoms with Crippen LogP contribution in [0.2, 0.25) is 0 Å². The van der Waals surface area contributed by atoms with E-state index >= 15 is 0 Å². The second kappa shape index (κ2) is 11.5. The lowest BCUT2D eigenvalue weighted by molar-refractivity contribution is -0.142. The van der Waals surface area contributed by atoms with E-state index in [1.165, 1.54) is 12.1 Å². The highest BCUT2D eigenvalue weighted by Crippen LogP contribution is 2.47. The molecular formula is C41H19F6N5. The lowest BCUT2D eigenvalue weighted by atomic mass is 9.91. The first-order chi connectivity index (χ1) is 24.9. The smallest absolute Gasteiger partial charge is 0.308 e. The molecule has 2 heterocycles. The minimum absolute atomic E-state index is 0.0237. The predicted molar refractivity (Wildman–Crippen MR) is 185 cm³/mol. The molecular weight excluding hydrogens is 676 g/mol. The van der Waals surface area contributed by atoms with E-state index in [4.69, 9.17) is 0 Å². The zero-order valence-corrected chi connectivity index (χ0v) is 26.5. The van der Waals surface area contributed by atoms with Crippen molar-refractivity contribution in [3.8, 4) is 40.7 Å². The zero-order chi connectivity index (χ0) is 36.5. The Morgan fingerprint density at radius 2 is 0.865 bits per heavy atom. The van der Waals surface area contributed by atoms with Gasteiger partial charge in [-0.2, -0.15) is 42.1 Å². The number of alkyl halides is 6. The van der Waals surface area contributed by atoms with E-state index in [-0.39, 0.29) is 16.9 Å². The number of rotatable bonds is 3. The van der Waals surface area contributed by atoms with E-state index in [1.54, 1.807) is 94.1 Å². The van der Waals surface area contributed by atoms with Gasteiger partial charge in [0.1, 0.15) is 11.6 Å². The molecule has 0 aliphatic rings. The van der Waals surface area contributed by atoms with E-state index in [0.717, 1.165) is 6.07 Å². The van der Waals surface area contributed by atoms with Gasteiger partial charge < -0.3 is 9.13 Å². The first kappa shape index (κ1) is 32.2. The Balaban J connectivity index is 1.61. The van der Waals surface area contributed by atoms with E-state index in [9.17, 15) is 42.1 Å². The first-order valence-electron chi connectivity index (χ1n) is 15.7. The third-order valence-electron chi connectivity index (χ3n) is 9.26. The van der Waals surface area contributed by atoms with Gasteiger partial charge in [-0.25, -0.2) is 0 Å². The molecule has 250 valence electrons. The van der Waals surface area contributed by atoms with Gasteiger partial charge in [0.05, 0.1) is 67.8 Å². The van der Waals surface area contributed by atoms with Crippen molar-refractivity contribution in [2.75, 3.05) is 0 Å². The van der Waals surface area contributed by atoms with Crippen LogP contribution in [0.15, 0.2) is 115 Å². The van der Waals surface area contributed by atoms with Gasteiger partial charge in [0.25, 0.3) is 0 Å². The zero-order valence-electron chi connectivity index (χ0n) is 26.5. The second-order valence-corrected chi connectivity index (χ2v) is 12.1. The monoisotopic (exact) mass is 695 g/mol. The topological polar surface area (TPSA) is 81.2 Å². The molecule has 11 heteroatoms. The average Bonchev–Trinajstić information content (AvgIpc) is 3.65. The van der Waals surface area contributed by atoms with Crippen molar-refractivity contribution in [1.82, 2.24) is 9.13 Å². The van der Waals surface area contributed by atoms with Gasteiger partial charge in [-0.1, -0.05) is 42.5 Å². The molecule has 0 atom stereocenters. The Morgan fingerprint density at radius 1 is 0.442 bits per heavy atom. The van der Waals surface area contributed by atoms with Crippen LogP contribution in [0, 0.1) is 34.0 Å². The fourth-order valence-electron chi connectivity index (χ4n) is 7.16. The molecule has 8 aromatic rings. The highest BCUT2D eigenvalue weighted by molar-refractivity contribution is 6.11. The largest absolute Gasteiger partial charge is 0.417 e. The summed E-state index contributed by atoms with van der Waals surface area (Å²) in [5.41, 5.74) is -1.87. The van der Waals surface area contributed by atoms with Crippen LogP contribution in [0.1, 0.15) is 27.8 Å². The first-order valence-corrected chi connectivity index (χ1v) is 15.7. The maximum absolute atomic E-state index is 14.7. The van der Waals surface area contributed by atoms with Crippen LogP contribution in [-0.2, 0) is 12.4 Å². The van der Waals surface area contributed by atoms with Crippen molar-refractivity contribution in [2.45, 2.75) is 12.4 Å². The fraction of sp³-hybridized carbons (Fsp3) is 0.0488. The lowest BCUT2D eigenvalue weighted by Gasteiger charge is -2.22. The third-order valence-corrected chi connectivity index (χ3v) is 9.26. The number of fused-ring (bicyclic) bond motifs is 6. The number of halogens is 6.